The van der Waals surface area contributed by atoms with Gasteiger partial charge in [-0.1, -0.05) is 53.5 Å². The highest BCUT2D eigenvalue weighted by atomic mass is 35.5. The average molecular weight is 499 g/mol. The first-order chi connectivity index (χ1) is 15.9. The fourth-order valence-corrected chi connectivity index (χ4v) is 4.02. The average Bonchev–Trinajstić information content (AvgIpc) is 2.79. The van der Waals surface area contributed by atoms with Gasteiger partial charge in [-0.2, -0.15) is 0 Å². The van der Waals surface area contributed by atoms with Crippen LogP contribution in [0.5, 0.6) is 0 Å². The smallest absolute Gasteiger partial charge is 0.326 e. The normalized spacial score (nSPS) is 12.2. The molecule has 3 aromatic carbocycles. The fraction of sp³-hybridized carbons (Fsp3) is 0.259. The van der Waals surface area contributed by atoms with Crippen molar-refractivity contribution in [3.05, 3.63) is 87.4 Å². The molecule has 0 heterocycles. The van der Waals surface area contributed by atoms with Gasteiger partial charge in [-0.15, -0.1) is 0 Å². The van der Waals surface area contributed by atoms with Gasteiger partial charge in [-0.25, -0.2) is 4.79 Å². The van der Waals surface area contributed by atoms with Crippen molar-refractivity contribution in [2.45, 2.75) is 39.3 Å². The molecule has 34 heavy (non-hydrogen) atoms. The van der Waals surface area contributed by atoms with Crippen molar-refractivity contribution in [2.75, 3.05) is 12.4 Å². The maximum Gasteiger partial charge on any atom is 0.326 e. The molecule has 7 heteroatoms. The zero-order chi connectivity index (χ0) is 25.2. The number of carboxylic acids is 1. The van der Waals surface area contributed by atoms with Gasteiger partial charge in [0, 0.05) is 17.8 Å². The van der Waals surface area contributed by atoms with E-state index in [1.165, 1.54) is 14.0 Å². The molecule has 178 valence electrons. The van der Waals surface area contributed by atoms with Gasteiger partial charge in [0.2, 0.25) is 0 Å². The van der Waals surface area contributed by atoms with E-state index in [9.17, 15) is 14.7 Å². The van der Waals surface area contributed by atoms with Crippen molar-refractivity contribution in [1.82, 2.24) is 4.90 Å². The van der Waals surface area contributed by atoms with Crippen LogP contribution in [0.15, 0.2) is 60.7 Å². The van der Waals surface area contributed by atoms with Crippen LogP contribution in [-0.4, -0.2) is 35.0 Å². The zero-order valence-electron chi connectivity index (χ0n) is 19.8. The maximum atomic E-state index is 12.7. The van der Waals surface area contributed by atoms with E-state index in [1.807, 2.05) is 49.4 Å². The highest BCUT2D eigenvalue weighted by Gasteiger charge is 2.25. The van der Waals surface area contributed by atoms with Gasteiger partial charge in [0.15, 0.2) is 0 Å². The van der Waals surface area contributed by atoms with E-state index in [4.69, 9.17) is 23.2 Å². The lowest BCUT2D eigenvalue weighted by Crippen LogP contribution is -2.40. The first-order valence-corrected chi connectivity index (χ1v) is 11.6. The molecule has 3 aromatic rings. The molecule has 0 radical (unpaired) electrons. The van der Waals surface area contributed by atoms with E-state index in [1.54, 1.807) is 12.1 Å². The van der Waals surface area contributed by atoms with Crippen molar-refractivity contribution in [2.24, 2.45) is 0 Å². The van der Waals surface area contributed by atoms with E-state index in [0.717, 1.165) is 37.9 Å². The van der Waals surface area contributed by atoms with Gasteiger partial charge in [0.1, 0.15) is 6.04 Å². The third-order valence-electron chi connectivity index (χ3n) is 5.99. The third kappa shape index (κ3) is 5.54. The molecule has 0 aliphatic carbocycles. The molecule has 0 saturated heterocycles. The second kappa shape index (κ2) is 10.1. The molecule has 0 aliphatic heterocycles. The number of hydrogen-bond donors (Lipinski definition) is 2. The molecule has 0 fully saturated rings. The Morgan fingerprint density at radius 2 is 1.65 bits per heavy atom. The second-order valence-corrected chi connectivity index (χ2v) is 9.73. The minimum Gasteiger partial charge on any atom is -0.480 e. The standard InChI is InChI=1S/C27H28Cl2N2O3/c1-16-13-20(10-12-23(16)28)27(3,4)30-21-8-6-7-18(14-21)19-9-11-22(24(29)15-19)25(32)31(5)17(2)26(33)34/h6-15,17,30H,1-5H3,(H,33,34)/t17-/m0/s1. The lowest BCUT2D eigenvalue weighted by Gasteiger charge is -2.29. The predicted molar refractivity (Wildman–Crippen MR) is 139 cm³/mol. The summed E-state index contributed by atoms with van der Waals surface area (Å²) in [5, 5.41) is 13.8. The number of aliphatic carboxylic acids is 1. The summed E-state index contributed by atoms with van der Waals surface area (Å²) in [6, 6.07) is 18.2. The molecule has 0 unspecified atom stereocenters. The van der Waals surface area contributed by atoms with Crippen LogP contribution in [0.2, 0.25) is 10.0 Å². The molecule has 0 bridgehead atoms. The maximum absolute atomic E-state index is 12.7. The first kappa shape index (κ1) is 25.6. The molecular formula is C27H28Cl2N2O3. The summed E-state index contributed by atoms with van der Waals surface area (Å²) >= 11 is 12.6. The summed E-state index contributed by atoms with van der Waals surface area (Å²) in [4.78, 5) is 25.1. The number of benzene rings is 3. The van der Waals surface area contributed by atoms with Crippen molar-refractivity contribution < 1.29 is 14.7 Å². The second-order valence-electron chi connectivity index (χ2n) is 8.92. The van der Waals surface area contributed by atoms with E-state index in [2.05, 4.69) is 25.2 Å². The highest BCUT2D eigenvalue weighted by Crippen LogP contribution is 2.32. The van der Waals surface area contributed by atoms with Gasteiger partial charge in [0.05, 0.1) is 16.1 Å². The highest BCUT2D eigenvalue weighted by molar-refractivity contribution is 6.34. The van der Waals surface area contributed by atoms with E-state index < -0.39 is 17.9 Å². The van der Waals surface area contributed by atoms with Crippen LogP contribution in [0.3, 0.4) is 0 Å². The van der Waals surface area contributed by atoms with Crippen LogP contribution in [0.1, 0.15) is 42.3 Å². The minimum atomic E-state index is -1.08. The Kier molecular flexibility index (Phi) is 7.59. The van der Waals surface area contributed by atoms with Gasteiger partial charge in [-0.3, -0.25) is 4.79 Å². The van der Waals surface area contributed by atoms with E-state index >= 15 is 0 Å². The topological polar surface area (TPSA) is 69.6 Å². The predicted octanol–water partition coefficient (Wildman–Crippen LogP) is 6.86. The summed E-state index contributed by atoms with van der Waals surface area (Å²) < 4.78 is 0. The van der Waals surface area contributed by atoms with Crippen LogP contribution in [0, 0.1) is 6.92 Å². The van der Waals surface area contributed by atoms with Gasteiger partial charge in [0.25, 0.3) is 5.91 Å². The molecule has 0 saturated carbocycles. The summed E-state index contributed by atoms with van der Waals surface area (Å²) in [5.74, 6) is -1.52. The van der Waals surface area contributed by atoms with Crippen LogP contribution in [0.25, 0.3) is 11.1 Å². The Balaban J connectivity index is 1.85. The monoisotopic (exact) mass is 498 g/mol. The lowest BCUT2D eigenvalue weighted by atomic mass is 9.92. The molecule has 1 atom stereocenters. The fourth-order valence-electron chi connectivity index (χ4n) is 3.64. The summed E-state index contributed by atoms with van der Waals surface area (Å²) in [6.45, 7) is 7.65. The van der Waals surface area contributed by atoms with Gasteiger partial charge >= 0.3 is 5.97 Å². The van der Waals surface area contributed by atoms with Crippen LogP contribution in [0.4, 0.5) is 5.69 Å². The number of carbonyl (C=O) groups is 2. The number of likely N-dealkylation sites (N-methyl/N-ethyl adjacent to an activating group) is 1. The molecule has 1 amide bonds. The number of carbonyl (C=O) groups excluding carboxylic acids is 1. The molecule has 0 aliphatic rings. The van der Waals surface area contributed by atoms with Gasteiger partial charge < -0.3 is 15.3 Å². The lowest BCUT2D eigenvalue weighted by molar-refractivity contribution is -0.141. The Morgan fingerprint density at radius 1 is 0.971 bits per heavy atom. The van der Waals surface area contributed by atoms with Crippen molar-refractivity contribution in [1.29, 1.82) is 0 Å². The number of hydrogen-bond acceptors (Lipinski definition) is 3. The van der Waals surface area contributed by atoms with E-state index in [0.29, 0.717) is 0 Å². The number of rotatable bonds is 7. The Labute approximate surface area is 210 Å². The molecule has 0 spiro atoms. The zero-order valence-corrected chi connectivity index (χ0v) is 21.3. The largest absolute Gasteiger partial charge is 0.480 e. The molecule has 5 nitrogen and oxygen atoms in total. The van der Waals surface area contributed by atoms with Crippen LogP contribution in [-0.2, 0) is 10.3 Å². The SMILES string of the molecule is Cc1cc(C(C)(C)Nc2cccc(-c3ccc(C(=O)N(C)[C@@H](C)C(=O)O)c(Cl)c3)c2)ccc1Cl. The number of amides is 1. The summed E-state index contributed by atoms with van der Waals surface area (Å²) in [5.41, 5.74) is 4.77. The molecule has 2 N–H and O–H groups in total. The number of nitrogens with zero attached hydrogens (tertiary/aromatic N) is 1. The van der Waals surface area contributed by atoms with Crippen molar-refractivity contribution in [3.8, 4) is 11.1 Å². The molecule has 0 aromatic heterocycles. The van der Waals surface area contributed by atoms with E-state index in [-0.39, 0.29) is 16.1 Å². The number of anilines is 1. The van der Waals surface area contributed by atoms with Crippen LogP contribution < -0.4 is 5.32 Å². The summed E-state index contributed by atoms with van der Waals surface area (Å²) in [6.07, 6.45) is 0. The first-order valence-electron chi connectivity index (χ1n) is 10.9. The van der Waals surface area contributed by atoms with Crippen molar-refractivity contribution >= 4 is 40.8 Å². The Hall–Kier alpha value is -3.02. The minimum absolute atomic E-state index is 0.259. The van der Waals surface area contributed by atoms with Crippen molar-refractivity contribution in [3.63, 3.8) is 0 Å². The Morgan fingerprint density at radius 3 is 2.26 bits per heavy atom. The quantitative estimate of drug-likeness (QED) is 0.373. The molecule has 3 rings (SSSR count). The number of aryl methyl sites for hydroxylation is 1. The number of halogens is 2. The van der Waals surface area contributed by atoms with Gasteiger partial charge in [-0.05, 0) is 80.3 Å². The molecular weight excluding hydrogens is 471 g/mol. The van der Waals surface area contributed by atoms with Crippen LogP contribution >= 0.6 is 23.2 Å². The Bertz CT molecular complexity index is 1240. The third-order valence-corrected chi connectivity index (χ3v) is 6.73. The number of nitrogens with one attached hydrogen (secondary N) is 1. The summed E-state index contributed by atoms with van der Waals surface area (Å²) in [7, 11) is 1.45. The number of carboxylic acid groups (broad SMARTS) is 1.